The van der Waals surface area contributed by atoms with E-state index in [4.69, 9.17) is 51.1 Å². The molecule has 0 saturated heterocycles. The lowest BCUT2D eigenvalue weighted by atomic mass is 10.2. The molecule has 1 aromatic carbocycles. The minimum Gasteiger partial charge on any atom is -0.478 e. The average Bonchev–Trinajstić information content (AvgIpc) is 2.71. The first kappa shape index (κ1) is 33.0. The van der Waals surface area contributed by atoms with Gasteiger partial charge in [-0.25, -0.2) is 19.2 Å². The van der Waals surface area contributed by atoms with E-state index in [0.717, 1.165) is 5.52 Å². The molecule has 0 unspecified atom stereocenters. The monoisotopic (exact) mass is 487 g/mol. The van der Waals surface area contributed by atoms with Crippen LogP contribution in [0.5, 0.6) is 0 Å². The van der Waals surface area contributed by atoms with Crippen molar-refractivity contribution in [1.29, 1.82) is 0 Å². The molecule has 1 heterocycles. The van der Waals surface area contributed by atoms with Crippen molar-refractivity contribution in [1.82, 2.24) is 4.98 Å². The number of aromatic nitrogens is 1. The second-order valence-electron chi connectivity index (χ2n) is 4.69. The van der Waals surface area contributed by atoms with Crippen LogP contribution >= 0.6 is 0 Å². The number of pyridine rings is 1. The molecule has 0 aliphatic carbocycles. The fourth-order valence-electron chi connectivity index (χ4n) is 1.30. The van der Waals surface area contributed by atoms with Gasteiger partial charge < -0.3 is 30.8 Å². The van der Waals surface area contributed by atoms with Crippen LogP contribution in [0, 0.1) is 20.2 Å². The minimum absolute atomic E-state index is 0.558. The maximum atomic E-state index is 9.55. The Hall–Kier alpha value is -5.61. The van der Waals surface area contributed by atoms with Crippen LogP contribution in [-0.4, -0.2) is 69.9 Å². The van der Waals surface area contributed by atoms with E-state index in [9.17, 15) is 19.2 Å². The van der Waals surface area contributed by atoms with Gasteiger partial charge in [-0.2, -0.15) is 0 Å². The van der Waals surface area contributed by atoms with Crippen molar-refractivity contribution in [3.63, 3.8) is 0 Å². The quantitative estimate of drug-likeness (QED) is 0.199. The number of hydrogen-bond donors (Lipinski definition) is 6. The van der Waals surface area contributed by atoms with E-state index in [1.807, 2.05) is 30.5 Å². The molecule has 0 aliphatic heterocycles. The van der Waals surface area contributed by atoms with E-state index in [2.05, 4.69) is 17.1 Å². The molecule has 184 valence electrons. The van der Waals surface area contributed by atoms with E-state index < -0.39 is 34.1 Å². The van der Waals surface area contributed by atoms with E-state index in [-0.39, 0.29) is 0 Å². The van der Waals surface area contributed by atoms with Crippen molar-refractivity contribution < 1.29 is 60.2 Å². The molecule has 0 atom stereocenters. The summed E-state index contributed by atoms with van der Waals surface area (Å²) in [6.45, 7) is 0. The summed E-state index contributed by atoms with van der Waals surface area (Å²) in [6.07, 6.45) is 4.04. The van der Waals surface area contributed by atoms with Crippen molar-refractivity contribution in [2.24, 2.45) is 0 Å². The third kappa shape index (κ3) is 33.9. The first-order chi connectivity index (χ1) is 15.7. The largest absolute Gasteiger partial charge is 0.478 e. The van der Waals surface area contributed by atoms with Crippen molar-refractivity contribution >= 4 is 34.8 Å². The number of carboxylic acids is 4. The zero-order valence-electron chi connectivity index (χ0n) is 16.6. The third-order valence-corrected chi connectivity index (χ3v) is 2.25. The van der Waals surface area contributed by atoms with Crippen LogP contribution in [0.4, 0.5) is 0 Å². The first-order valence-electron chi connectivity index (χ1n) is 7.93. The average molecular weight is 487 g/mol. The van der Waals surface area contributed by atoms with Gasteiger partial charge in [0.15, 0.2) is 0 Å². The van der Waals surface area contributed by atoms with Crippen LogP contribution < -0.4 is 0 Å². The van der Waals surface area contributed by atoms with Gasteiger partial charge in [0.05, 0.1) is 5.52 Å². The predicted molar refractivity (Wildman–Crippen MR) is 108 cm³/mol. The highest BCUT2D eigenvalue weighted by Crippen LogP contribution is 2.07. The Bertz CT molecular complexity index is 868. The summed E-state index contributed by atoms with van der Waals surface area (Å²) in [6, 6.07) is 12.1. The van der Waals surface area contributed by atoms with Gasteiger partial charge in [-0.1, -0.05) is 24.3 Å². The maximum absolute atomic E-state index is 9.55. The number of nitrogens with zero attached hydrogens (tertiary/aromatic N) is 3. The molecule has 0 amide bonds. The Labute approximate surface area is 188 Å². The summed E-state index contributed by atoms with van der Waals surface area (Å²) >= 11 is 0. The molecule has 0 fully saturated rings. The number of hydrogen-bond acceptors (Lipinski definition) is 9. The summed E-state index contributed by atoms with van der Waals surface area (Å²) in [5, 5.41) is 59.7. The topological polar surface area (TPSA) is 289 Å². The Balaban J connectivity index is -0.000000371. The van der Waals surface area contributed by atoms with Gasteiger partial charge in [-0.15, -0.1) is 20.2 Å². The SMILES string of the molecule is O=C(O)/C=C/C(=O)O.O=C(O)/C=C/C(=O)O.O=[N+]([O-])O.O=[N+]([O-])O.c1ccc2ncccc2c1. The van der Waals surface area contributed by atoms with Crippen LogP contribution in [0.15, 0.2) is 66.9 Å². The van der Waals surface area contributed by atoms with Gasteiger partial charge in [0.25, 0.3) is 10.2 Å². The number of fused-ring (bicyclic) bond motifs is 1. The Kier molecular flexibility index (Phi) is 20.1. The standard InChI is InChI=1S/C9H7N.2C4H4O4.2HNO3/c1-2-6-9-8(4-1)5-3-7-10-9;2*5-3(6)1-2-4(7)8;2*2-1(3)4/h1-7H;2*1-2H,(H,5,6)(H,7,8);2*(H,2,3,4)/b;2*2-1+;;. The van der Waals surface area contributed by atoms with E-state index >= 15 is 0 Å². The van der Waals surface area contributed by atoms with Crippen molar-refractivity contribution in [2.75, 3.05) is 0 Å². The molecular formula is C17H17N3O14. The fraction of sp³-hybridized carbons (Fsp3) is 0. The minimum atomic E-state index is -1.50. The van der Waals surface area contributed by atoms with E-state index in [1.54, 1.807) is 0 Å². The molecule has 17 nitrogen and oxygen atoms in total. The van der Waals surface area contributed by atoms with Gasteiger partial charge >= 0.3 is 23.9 Å². The normalized spacial score (nSPS) is 8.82. The lowest BCUT2D eigenvalue weighted by Gasteiger charge is -1.91. The van der Waals surface area contributed by atoms with E-state index in [1.165, 1.54) is 5.39 Å². The molecule has 17 heteroatoms. The second-order valence-corrected chi connectivity index (χ2v) is 4.69. The van der Waals surface area contributed by atoms with Gasteiger partial charge in [0.2, 0.25) is 0 Å². The summed E-state index contributed by atoms with van der Waals surface area (Å²) in [5.41, 5.74) is 1.06. The lowest BCUT2D eigenvalue weighted by molar-refractivity contribution is -0.742. The lowest BCUT2D eigenvalue weighted by Crippen LogP contribution is -1.91. The zero-order chi connectivity index (χ0) is 27.1. The van der Waals surface area contributed by atoms with Gasteiger partial charge in [0, 0.05) is 35.9 Å². The number of rotatable bonds is 4. The summed E-state index contributed by atoms with van der Waals surface area (Å²) in [7, 11) is 0. The smallest absolute Gasteiger partial charge is 0.328 e. The van der Waals surface area contributed by atoms with E-state index in [0.29, 0.717) is 24.3 Å². The molecule has 34 heavy (non-hydrogen) atoms. The molecule has 0 spiro atoms. The Morgan fingerprint density at radius 3 is 1.26 bits per heavy atom. The van der Waals surface area contributed by atoms with Gasteiger partial charge in [0.1, 0.15) is 0 Å². The third-order valence-electron chi connectivity index (χ3n) is 2.25. The predicted octanol–water partition coefficient (Wildman–Crippen LogP) is 0.963. The second kappa shape index (κ2) is 20.7. The van der Waals surface area contributed by atoms with Crippen LogP contribution in [0.3, 0.4) is 0 Å². The molecule has 0 saturated carbocycles. The summed E-state index contributed by atoms with van der Waals surface area (Å²) in [4.78, 5) is 59.1. The van der Waals surface area contributed by atoms with Gasteiger partial charge in [-0.3, -0.25) is 4.98 Å². The fourth-order valence-corrected chi connectivity index (χ4v) is 1.30. The molecule has 6 N–H and O–H groups in total. The molecular weight excluding hydrogens is 470 g/mol. The van der Waals surface area contributed by atoms with Crippen molar-refractivity contribution in [3.05, 3.63) is 87.1 Å². The number of carboxylic acid groups (broad SMARTS) is 4. The molecule has 0 aliphatic rings. The highest BCUT2D eigenvalue weighted by atomic mass is 16.9. The summed E-state index contributed by atoms with van der Waals surface area (Å²) < 4.78 is 0. The Morgan fingerprint density at radius 2 is 0.971 bits per heavy atom. The zero-order valence-corrected chi connectivity index (χ0v) is 16.6. The number of aliphatic carboxylic acids is 4. The molecule has 0 radical (unpaired) electrons. The highest BCUT2D eigenvalue weighted by Gasteiger charge is 1.89. The number of carbonyl (C=O) groups is 4. The van der Waals surface area contributed by atoms with Crippen molar-refractivity contribution in [2.45, 2.75) is 0 Å². The van der Waals surface area contributed by atoms with Crippen LogP contribution in [0.2, 0.25) is 0 Å². The van der Waals surface area contributed by atoms with Gasteiger partial charge in [-0.05, 0) is 12.1 Å². The van der Waals surface area contributed by atoms with Crippen molar-refractivity contribution in [3.8, 4) is 0 Å². The molecule has 2 rings (SSSR count). The molecule has 1 aromatic heterocycles. The number of benzene rings is 1. The van der Waals surface area contributed by atoms with Crippen LogP contribution in [0.25, 0.3) is 10.9 Å². The molecule has 0 bridgehead atoms. The Morgan fingerprint density at radius 1 is 0.676 bits per heavy atom. The highest BCUT2D eigenvalue weighted by molar-refractivity contribution is 5.90. The first-order valence-corrected chi connectivity index (χ1v) is 7.93. The number of para-hydroxylation sites is 1. The maximum Gasteiger partial charge on any atom is 0.328 e. The molecule has 2 aromatic rings. The summed E-state index contributed by atoms with van der Waals surface area (Å²) in [5.74, 6) is -5.03. The van der Waals surface area contributed by atoms with Crippen LogP contribution in [-0.2, 0) is 19.2 Å². The van der Waals surface area contributed by atoms with Crippen LogP contribution in [0.1, 0.15) is 0 Å².